The normalized spacial score (nSPS) is 16.8. The molecule has 1 N–H and O–H groups in total. The van der Waals surface area contributed by atoms with Crippen molar-refractivity contribution in [3.8, 4) is 11.4 Å². The second kappa shape index (κ2) is 7.93. The van der Waals surface area contributed by atoms with E-state index in [9.17, 15) is 8.78 Å². The molecule has 0 radical (unpaired) electrons. The fraction of sp³-hybridized carbons (Fsp3) is 0.300. The molecule has 1 aromatic heterocycles. The van der Waals surface area contributed by atoms with Gasteiger partial charge in [-0.05, 0) is 49.6 Å². The smallest absolute Gasteiger partial charge is 0.246 e. The van der Waals surface area contributed by atoms with Crippen LogP contribution in [0, 0.1) is 18.6 Å². The van der Waals surface area contributed by atoms with Gasteiger partial charge in [0.2, 0.25) is 5.95 Å². The zero-order chi connectivity index (χ0) is 19.5. The van der Waals surface area contributed by atoms with Crippen LogP contribution in [0.15, 0.2) is 42.7 Å². The summed E-state index contributed by atoms with van der Waals surface area (Å²) in [6.07, 6.45) is 3.44. The summed E-state index contributed by atoms with van der Waals surface area (Å²) in [4.78, 5) is 4.18. The first-order chi connectivity index (χ1) is 13.6. The molecule has 2 aromatic carbocycles. The lowest BCUT2D eigenvalue weighted by atomic mass is 10.1. The molecule has 0 amide bonds. The first-order valence-corrected chi connectivity index (χ1v) is 9.07. The molecule has 0 spiro atoms. The molecule has 1 saturated heterocycles. The minimum absolute atomic E-state index is 0. The van der Waals surface area contributed by atoms with E-state index in [0.717, 1.165) is 48.6 Å². The Morgan fingerprint density at radius 2 is 2.11 bits per heavy atom. The van der Waals surface area contributed by atoms with Crippen molar-refractivity contribution in [1.82, 2.24) is 14.8 Å². The fourth-order valence-corrected chi connectivity index (χ4v) is 3.09. The van der Waals surface area contributed by atoms with Crippen molar-refractivity contribution in [3.05, 3.63) is 59.9 Å². The van der Waals surface area contributed by atoms with Crippen LogP contribution in [0.3, 0.4) is 0 Å². The van der Waals surface area contributed by atoms with Crippen molar-refractivity contribution in [2.75, 3.05) is 18.5 Å². The lowest BCUT2D eigenvalue weighted by molar-refractivity contribution is 0.00744. The summed E-state index contributed by atoms with van der Waals surface area (Å²) in [6, 6.07) is 9.34. The molecule has 148 valence electrons. The molecule has 2 heterocycles. The average Bonchev–Trinajstić information content (AvgIpc) is 3.13. The number of aryl methyl sites for hydroxylation is 1. The number of halogens is 2. The van der Waals surface area contributed by atoms with Crippen LogP contribution in [0.5, 0.6) is 5.75 Å². The summed E-state index contributed by atoms with van der Waals surface area (Å²) in [5.74, 6) is -0.757. The molecule has 1 unspecified atom stereocenters. The van der Waals surface area contributed by atoms with Crippen LogP contribution < -0.4 is 10.1 Å². The standard InChI is InChI=1S/C20H20F2N4O2.H2/c1-13-7-14(9-17(8-13)28-16-3-2-6-27-11-16)24-20-23-12-26(25-20)15-4-5-18(21)19(22)10-15;/h4-5,7-10,12,16H,2-3,6,11H2,1H3,(H,24,25);1H. The van der Waals surface area contributed by atoms with Crippen LogP contribution in [-0.2, 0) is 4.74 Å². The SMILES string of the molecule is Cc1cc(Nc2ncn(-c3ccc(F)c(F)c3)n2)cc(OC2CCCOC2)c1.[HH]. The Labute approximate surface area is 162 Å². The van der Waals surface area contributed by atoms with E-state index in [1.54, 1.807) is 0 Å². The van der Waals surface area contributed by atoms with E-state index >= 15 is 0 Å². The van der Waals surface area contributed by atoms with E-state index < -0.39 is 11.6 Å². The number of nitrogens with one attached hydrogen (secondary N) is 1. The van der Waals surface area contributed by atoms with E-state index in [1.807, 2.05) is 25.1 Å². The van der Waals surface area contributed by atoms with Gasteiger partial charge < -0.3 is 14.8 Å². The summed E-state index contributed by atoms with van der Waals surface area (Å²) >= 11 is 0. The van der Waals surface area contributed by atoms with Gasteiger partial charge in [-0.2, -0.15) is 4.98 Å². The van der Waals surface area contributed by atoms with Crippen molar-refractivity contribution in [3.63, 3.8) is 0 Å². The van der Waals surface area contributed by atoms with Crippen molar-refractivity contribution in [1.29, 1.82) is 0 Å². The highest BCUT2D eigenvalue weighted by molar-refractivity contribution is 5.57. The number of anilines is 2. The fourth-order valence-electron chi connectivity index (χ4n) is 3.09. The maximum absolute atomic E-state index is 13.4. The number of benzene rings is 2. The summed E-state index contributed by atoms with van der Waals surface area (Å²) in [5, 5.41) is 7.38. The second-order valence-electron chi connectivity index (χ2n) is 6.73. The molecule has 0 aliphatic carbocycles. The lowest BCUT2D eigenvalue weighted by Gasteiger charge is -2.23. The highest BCUT2D eigenvalue weighted by Gasteiger charge is 2.16. The molecule has 1 atom stereocenters. The summed E-state index contributed by atoms with van der Waals surface area (Å²) in [7, 11) is 0. The average molecular weight is 388 g/mol. The van der Waals surface area contributed by atoms with E-state index in [0.29, 0.717) is 18.2 Å². The third kappa shape index (κ3) is 4.28. The monoisotopic (exact) mass is 388 g/mol. The molecule has 8 heteroatoms. The highest BCUT2D eigenvalue weighted by atomic mass is 19.2. The van der Waals surface area contributed by atoms with Crippen LogP contribution in [0.2, 0.25) is 0 Å². The van der Waals surface area contributed by atoms with E-state index in [2.05, 4.69) is 15.4 Å². The van der Waals surface area contributed by atoms with Gasteiger partial charge in [-0.15, -0.1) is 5.10 Å². The zero-order valence-electron chi connectivity index (χ0n) is 15.4. The first-order valence-electron chi connectivity index (χ1n) is 9.07. The van der Waals surface area contributed by atoms with Gasteiger partial charge in [-0.3, -0.25) is 0 Å². The minimum atomic E-state index is -0.935. The quantitative estimate of drug-likeness (QED) is 0.702. The first kappa shape index (κ1) is 18.4. The topological polar surface area (TPSA) is 61.2 Å². The van der Waals surface area contributed by atoms with Gasteiger partial charge in [0.15, 0.2) is 11.6 Å². The predicted molar refractivity (Wildman–Crippen MR) is 102 cm³/mol. The Morgan fingerprint density at radius 3 is 2.89 bits per heavy atom. The third-order valence-electron chi connectivity index (χ3n) is 4.39. The molecule has 1 aliphatic heterocycles. The van der Waals surface area contributed by atoms with E-state index in [4.69, 9.17) is 9.47 Å². The van der Waals surface area contributed by atoms with Gasteiger partial charge in [0, 0.05) is 25.9 Å². The largest absolute Gasteiger partial charge is 0.488 e. The Morgan fingerprint density at radius 1 is 1.21 bits per heavy atom. The molecule has 1 fully saturated rings. The lowest BCUT2D eigenvalue weighted by Crippen LogP contribution is -2.28. The van der Waals surface area contributed by atoms with Crippen LogP contribution in [-0.4, -0.2) is 34.1 Å². The van der Waals surface area contributed by atoms with Gasteiger partial charge in [-0.25, -0.2) is 13.5 Å². The minimum Gasteiger partial charge on any atom is -0.488 e. The molecule has 3 aromatic rings. The van der Waals surface area contributed by atoms with Crippen molar-refractivity contribution >= 4 is 11.6 Å². The van der Waals surface area contributed by atoms with Crippen LogP contribution in [0.1, 0.15) is 19.8 Å². The Kier molecular flexibility index (Phi) is 5.21. The van der Waals surface area contributed by atoms with Crippen molar-refractivity contribution < 1.29 is 19.7 Å². The van der Waals surface area contributed by atoms with Crippen LogP contribution >= 0.6 is 0 Å². The van der Waals surface area contributed by atoms with Crippen molar-refractivity contribution in [2.24, 2.45) is 0 Å². The number of hydrogen-bond acceptors (Lipinski definition) is 5. The zero-order valence-corrected chi connectivity index (χ0v) is 15.4. The Hall–Kier alpha value is -3.00. The Balaban J connectivity index is 0.00000240. The maximum Gasteiger partial charge on any atom is 0.246 e. The maximum atomic E-state index is 13.4. The van der Waals surface area contributed by atoms with Crippen LogP contribution in [0.4, 0.5) is 20.4 Å². The highest BCUT2D eigenvalue weighted by Crippen LogP contribution is 2.25. The number of aromatic nitrogens is 3. The number of nitrogens with zero attached hydrogens (tertiary/aromatic N) is 3. The molecule has 1 aliphatic rings. The van der Waals surface area contributed by atoms with Gasteiger partial charge in [0.1, 0.15) is 18.2 Å². The van der Waals surface area contributed by atoms with Gasteiger partial charge in [-0.1, -0.05) is 0 Å². The van der Waals surface area contributed by atoms with Crippen molar-refractivity contribution in [2.45, 2.75) is 25.9 Å². The van der Waals surface area contributed by atoms with Crippen LogP contribution in [0.25, 0.3) is 5.69 Å². The molecule has 6 nitrogen and oxygen atoms in total. The molecular weight excluding hydrogens is 366 g/mol. The summed E-state index contributed by atoms with van der Waals surface area (Å²) in [6.45, 7) is 3.35. The van der Waals surface area contributed by atoms with E-state index in [1.165, 1.54) is 17.1 Å². The third-order valence-corrected chi connectivity index (χ3v) is 4.39. The molecule has 28 heavy (non-hydrogen) atoms. The molecule has 4 rings (SSSR count). The Bertz CT molecular complexity index is 977. The van der Waals surface area contributed by atoms with E-state index in [-0.39, 0.29) is 7.53 Å². The summed E-state index contributed by atoms with van der Waals surface area (Å²) < 4.78 is 39.4. The number of hydrogen-bond donors (Lipinski definition) is 1. The predicted octanol–water partition coefficient (Wildman–Crippen LogP) is 4.40. The molecular formula is C20H22F2N4O2. The number of ether oxygens (including phenoxy) is 2. The molecule has 0 bridgehead atoms. The summed E-state index contributed by atoms with van der Waals surface area (Å²) in [5.41, 5.74) is 2.18. The number of rotatable bonds is 5. The molecule has 0 saturated carbocycles. The van der Waals surface area contributed by atoms with Gasteiger partial charge in [0.05, 0.1) is 12.3 Å². The second-order valence-corrected chi connectivity index (χ2v) is 6.73. The van der Waals surface area contributed by atoms with Gasteiger partial charge in [0.25, 0.3) is 0 Å². The van der Waals surface area contributed by atoms with Gasteiger partial charge >= 0.3 is 0 Å².